The minimum atomic E-state index is -4.75. The number of pyridine rings is 1. The summed E-state index contributed by atoms with van der Waals surface area (Å²) in [4.78, 5) is 18.4. The van der Waals surface area contributed by atoms with Gasteiger partial charge in [-0.25, -0.2) is 14.5 Å². The molecular formula is C30H23F3N6O2. The topological polar surface area (TPSA) is 79.8 Å². The summed E-state index contributed by atoms with van der Waals surface area (Å²) in [7, 11) is 1.54. The van der Waals surface area contributed by atoms with E-state index in [1.54, 1.807) is 92.2 Å². The van der Waals surface area contributed by atoms with Crippen molar-refractivity contribution in [2.75, 3.05) is 7.11 Å². The molecule has 0 aliphatic rings. The van der Waals surface area contributed by atoms with Gasteiger partial charge in [0.2, 0.25) is 0 Å². The van der Waals surface area contributed by atoms with Crippen molar-refractivity contribution < 1.29 is 17.9 Å². The van der Waals surface area contributed by atoms with Crippen molar-refractivity contribution >= 4 is 11.2 Å². The molecule has 0 radical (unpaired) electrons. The summed E-state index contributed by atoms with van der Waals surface area (Å²) >= 11 is 0. The summed E-state index contributed by atoms with van der Waals surface area (Å²) in [6, 6.07) is 25.7. The lowest BCUT2D eigenvalue weighted by atomic mass is 10.1. The van der Waals surface area contributed by atoms with Gasteiger partial charge in [0.1, 0.15) is 17.0 Å². The highest BCUT2D eigenvalue weighted by atomic mass is 19.4. The Morgan fingerprint density at radius 1 is 0.854 bits per heavy atom. The molecule has 3 aromatic heterocycles. The number of nitrogens with zero attached hydrogens (tertiary/aromatic N) is 6. The van der Waals surface area contributed by atoms with E-state index in [9.17, 15) is 18.0 Å². The van der Waals surface area contributed by atoms with Crippen LogP contribution >= 0.6 is 0 Å². The molecule has 0 saturated carbocycles. The molecule has 0 unspecified atom stereocenters. The Hall–Kier alpha value is -5.19. The minimum Gasteiger partial charge on any atom is -0.497 e. The quantitative estimate of drug-likeness (QED) is 0.257. The van der Waals surface area contributed by atoms with E-state index in [4.69, 9.17) is 4.74 Å². The fourth-order valence-corrected chi connectivity index (χ4v) is 4.75. The molecule has 0 fully saturated rings. The first-order chi connectivity index (χ1) is 19.8. The van der Waals surface area contributed by atoms with Gasteiger partial charge in [-0.2, -0.15) is 13.2 Å². The summed E-state index contributed by atoms with van der Waals surface area (Å²) in [6.07, 6.45) is -3.18. The molecule has 0 bridgehead atoms. The van der Waals surface area contributed by atoms with Crippen LogP contribution in [0.5, 0.6) is 5.75 Å². The van der Waals surface area contributed by atoms with Gasteiger partial charge in [0, 0.05) is 11.6 Å². The maximum absolute atomic E-state index is 14.6. The van der Waals surface area contributed by atoms with Crippen molar-refractivity contribution in [1.29, 1.82) is 0 Å². The predicted molar refractivity (Wildman–Crippen MR) is 147 cm³/mol. The molecule has 6 rings (SSSR count). The van der Waals surface area contributed by atoms with E-state index in [1.165, 1.54) is 9.25 Å². The standard InChI is InChI=1S/C30H23F3N6O2/c1-41-24-14-8-13-23(15-24)39-19-22(35-36-39)18-37-27-25(30(31,32)33)16-26(21-11-6-3-7-12-21)34-28(27)38(29(37)40)17-20-9-4-2-5-10-20/h2-16,19H,17-18H2,1H3. The highest BCUT2D eigenvalue weighted by Crippen LogP contribution is 2.37. The SMILES string of the molecule is COc1cccc(-n2cc(Cn3c(=O)n(Cc4ccccc4)c4nc(-c5ccccc5)cc(C(F)(F)F)c43)nn2)c1. The predicted octanol–water partition coefficient (Wildman–Crippen LogP) is 5.57. The zero-order chi connectivity index (χ0) is 28.6. The van der Waals surface area contributed by atoms with E-state index >= 15 is 0 Å². The van der Waals surface area contributed by atoms with E-state index in [0.717, 1.165) is 16.2 Å². The number of alkyl halides is 3. The monoisotopic (exact) mass is 556 g/mol. The van der Waals surface area contributed by atoms with E-state index in [1.807, 2.05) is 6.07 Å². The van der Waals surface area contributed by atoms with Crippen LogP contribution in [0.2, 0.25) is 0 Å². The molecule has 3 heterocycles. The fourth-order valence-electron chi connectivity index (χ4n) is 4.75. The van der Waals surface area contributed by atoms with Gasteiger partial charge in [0.05, 0.1) is 43.3 Å². The third-order valence-corrected chi connectivity index (χ3v) is 6.70. The Balaban J connectivity index is 1.53. The van der Waals surface area contributed by atoms with Gasteiger partial charge in [-0.3, -0.25) is 9.13 Å². The highest BCUT2D eigenvalue weighted by Gasteiger charge is 2.37. The first-order valence-corrected chi connectivity index (χ1v) is 12.7. The summed E-state index contributed by atoms with van der Waals surface area (Å²) in [5.74, 6) is 0.606. The molecule has 41 heavy (non-hydrogen) atoms. The number of aromatic nitrogens is 6. The van der Waals surface area contributed by atoms with Crippen molar-refractivity contribution in [2.45, 2.75) is 19.3 Å². The van der Waals surface area contributed by atoms with E-state index in [2.05, 4.69) is 15.3 Å². The van der Waals surface area contributed by atoms with Gasteiger partial charge in [-0.05, 0) is 23.8 Å². The smallest absolute Gasteiger partial charge is 0.418 e. The van der Waals surface area contributed by atoms with Gasteiger partial charge in [-0.15, -0.1) is 5.10 Å². The average molecular weight is 557 g/mol. The van der Waals surface area contributed by atoms with Crippen molar-refractivity contribution in [1.82, 2.24) is 29.1 Å². The summed E-state index contributed by atoms with van der Waals surface area (Å²) in [5, 5.41) is 8.26. The number of halogens is 3. The number of benzene rings is 3. The second-order valence-corrected chi connectivity index (χ2v) is 9.39. The minimum absolute atomic E-state index is 0.0439. The molecule has 206 valence electrons. The van der Waals surface area contributed by atoms with Crippen molar-refractivity contribution in [3.05, 3.63) is 124 Å². The molecule has 0 aliphatic carbocycles. The van der Waals surface area contributed by atoms with Gasteiger partial charge in [0.15, 0.2) is 5.65 Å². The second-order valence-electron chi connectivity index (χ2n) is 9.39. The normalized spacial score (nSPS) is 11.7. The number of ether oxygens (including phenoxy) is 1. The van der Waals surface area contributed by atoms with Gasteiger partial charge < -0.3 is 4.74 Å². The Kier molecular flexibility index (Phi) is 6.62. The molecule has 0 saturated heterocycles. The number of methoxy groups -OCH3 is 1. The first-order valence-electron chi connectivity index (χ1n) is 12.7. The molecule has 0 spiro atoms. The van der Waals surface area contributed by atoms with Crippen LogP contribution in [-0.4, -0.2) is 36.2 Å². The van der Waals surface area contributed by atoms with Crippen molar-refractivity contribution in [2.24, 2.45) is 0 Å². The second kappa shape index (κ2) is 10.4. The van der Waals surface area contributed by atoms with E-state index in [-0.39, 0.29) is 29.9 Å². The third kappa shape index (κ3) is 5.09. The van der Waals surface area contributed by atoms with Crippen LogP contribution in [0, 0.1) is 0 Å². The van der Waals surface area contributed by atoms with E-state index < -0.39 is 17.4 Å². The zero-order valence-corrected chi connectivity index (χ0v) is 21.8. The van der Waals surface area contributed by atoms with Crippen LogP contribution in [0.4, 0.5) is 13.2 Å². The van der Waals surface area contributed by atoms with Crippen molar-refractivity contribution in [3.63, 3.8) is 0 Å². The lowest BCUT2D eigenvalue weighted by molar-refractivity contribution is -0.136. The van der Waals surface area contributed by atoms with Crippen LogP contribution in [0.15, 0.2) is 102 Å². The summed E-state index contributed by atoms with van der Waals surface area (Å²) < 4.78 is 52.9. The van der Waals surface area contributed by atoms with Gasteiger partial charge in [-0.1, -0.05) is 71.9 Å². The highest BCUT2D eigenvalue weighted by molar-refractivity contribution is 5.81. The lowest BCUT2D eigenvalue weighted by Crippen LogP contribution is -2.25. The number of rotatable bonds is 7. The molecule has 0 amide bonds. The fraction of sp³-hybridized carbons (Fsp3) is 0.133. The van der Waals surface area contributed by atoms with Crippen LogP contribution < -0.4 is 10.4 Å². The van der Waals surface area contributed by atoms with Crippen LogP contribution in [0.3, 0.4) is 0 Å². The molecule has 0 N–H and O–H groups in total. The van der Waals surface area contributed by atoms with Crippen LogP contribution in [0.1, 0.15) is 16.8 Å². The van der Waals surface area contributed by atoms with Crippen LogP contribution in [-0.2, 0) is 19.3 Å². The Morgan fingerprint density at radius 3 is 2.29 bits per heavy atom. The molecule has 0 aliphatic heterocycles. The van der Waals surface area contributed by atoms with Crippen LogP contribution in [0.25, 0.3) is 28.1 Å². The van der Waals surface area contributed by atoms with Crippen molar-refractivity contribution in [3.8, 4) is 22.7 Å². The zero-order valence-electron chi connectivity index (χ0n) is 21.8. The Labute approximate surface area is 231 Å². The maximum Gasteiger partial charge on any atom is 0.418 e. The number of imidazole rings is 1. The number of fused-ring (bicyclic) bond motifs is 1. The largest absolute Gasteiger partial charge is 0.497 e. The average Bonchev–Trinajstić information content (AvgIpc) is 3.56. The first kappa shape index (κ1) is 26.1. The summed E-state index contributed by atoms with van der Waals surface area (Å²) in [6.45, 7) is -0.196. The summed E-state index contributed by atoms with van der Waals surface area (Å²) in [5.41, 5.74) is 0.357. The van der Waals surface area contributed by atoms with E-state index in [0.29, 0.717) is 22.7 Å². The Bertz CT molecular complexity index is 1890. The van der Waals surface area contributed by atoms with Gasteiger partial charge in [0.25, 0.3) is 0 Å². The molecular weight excluding hydrogens is 533 g/mol. The molecule has 3 aromatic carbocycles. The Morgan fingerprint density at radius 2 is 1.59 bits per heavy atom. The number of hydrogen-bond acceptors (Lipinski definition) is 5. The molecule has 8 nitrogen and oxygen atoms in total. The molecule has 11 heteroatoms. The number of hydrogen-bond donors (Lipinski definition) is 0. The van der Waals surface area contributed by atoms with Gasteiger partial charge >= 0.3 is 11.9 Å². The molecule has 6 aromatic rings. The molecule has 0 atom stereocenters. The maximum atomic E-state index is 14.6. The lowest BCUT2D eigenvalue weighted by Gasteiger charge is -2.13. The third-order valence-electron chi connectivity index (χ3n) is 6.70.